The molecule has 0 unspecified atom stereocenters. The lowest BCUT2D eigenvalue weighted by molar-refractivity contribution is 1.25. The zero-order chi connectivity index (χ0) is 23.2. The molecule has 4 aromatic heterocycles. The van der Waals surface area contributed by atoms with Crippen molar-refractivity contribution in [2.75, 3.05) is 0 Å². The first-order valence-corrected chi connectivity index (χ1v) is 12.0. The molecule has 0 aliphatic heterocycles. The van der Waals surface area contributed by atoms with E-state index in [1.165, 1.54) is 11.7 Å². The van der Waals surface area contributed by atoms with E-state index in [0.717, 1.165) is 66.5 Å². The average Bonchev–Trinajstić information content (AvgIpc) is 3.42. The summed E-state index contributed by atoms with van der Waals surface area (Å²) < 4.78 is 9.11. The third-order valence-electron chi connectivity index (χ3n) is 6.25. The van der Waals surface area contributed by atoms with Crippen molar-refractivity contribution in [3.8, 4) is 33.8 Å². The van der Waals surface area contributed by atoms with Gasteiger partial charge in [0.15, 0.2) is 0 Å². The van der Waals surface area contributed by atoms with E-state index in [1.54, 1.807) is 6.20 Å². The van der Waals surface area contributed by atoms with E-state index in [0.29, 0.717) is 0 Å². The Morgan fingerprint density at radius 2 is 1.40 bits per heavy atom. The van der Waals surface area contributed by atoms with Gasteiger partial charge in [0, 0.05) is 39.7 Å². The van der Waals surface area contributed by atoms with Gasteiger partial charge in [0.1, 0.15) is 11.0 Å². The minimum absolute atomic E-state index is 0.851. The van der Waals surface area contributed by atoms with Gasteiger partial charge in [-0.25, -0.2) is 4.98 Å². The summed E-state index contributed by atoms with van der Waals surface area (Å²) >= 11 is 1.24. The van der Waals surface area contributed by atoms with E-state index in [4.69, 9.17) is 4.98 Å². The maximum atomic E-state index is 5.14. The Morgan fingerprint density at radius 1 is 0.571 bits per heavy atom. The lowest BCUT2D eigenvalue weighted by atomic mass is 9.97. The van der Waals surface area contributed by atoms with Crippen molar-refractivity contribution in [1.29, 1.82) is 0 Å². The van der Waals surface area contributed by atoms with Gasteiger partial charge in [-0.05, 0) is 42.0 Å². The van der Waals surface area contributed by atoms with E-state index in [1.807, 2.05) is 54.7 Å². The number of rotatable bonds is 3. The van der Waals surface area contributed by atoms with E-state index in [9.17, 15) is 0 Å². The highest BCUT2D eigenvalue weighted by Crippen LogP contribution is 2.37. The number of aromatic nitrogens is 5. The minimum Gasteiger partial charge on any atom is -0.255 e. The molecule has 4 heterocycles. The Balaban J connectivity index is 1.44. The van der Waals surface area contributed by atoms with Crippen molar-refractivity contribution in [3.05, 3.63) is 103 Å². The van der Waals surface area contributed by atoms with Crippen molar-refractivity contribution in [3.63, 3.8) is 0 Å². The number of benzene rings is 3. The topological polar surface area (TPSA) is 64.5 Å². The summed E-state index contributed by atoms with van der Waals surface area (Å²) in [5.74, 6) is 0. The molecule has 35 heavy (non-hydrogen) atoms. The van der Waals surface area contributed by atoms with Gasteiger partial charge in [0.05, 0.1) is 34.3 Å². The number of hydrogen-bond donors (Lipinski definition) is 0. The van der Waals surface area contributed by atoms with Crippen LogP contribution < -0.4 is 0 Å². The number of hydrogen-bond acceptors (Lipinski definition) is 6. The molecular formula is C29H17N5S. The molecule has 7 rings (SSSR count). The zero-order valence-electron chi connectivity index (χ0n) is 18.5. The third kappa shape index (κ3) is 3.34. The van der Waals surface area contributed by atoms with Crippen LogP contribution >= 0.6 is 11.7 Å². The van der Waals surface area contributed by atoms with Gasteiger partial charge in [0.2, 0.25) is 0 Å². The van der Waals surface area contributed by atoms with Gasteiger partial charge in [-0.1, -0.05) is 54.6 Å². The molecule has 0 saturated heterocycles. The first-order chi connectivity index (χ1) is 17.3. The average molecular weight is 468 g/mol. The fourth-order valence-electron chi connectivity index (χ4n) is 4.56. The fraction of sp³-hybridized carbons (Fsp3) is 0. The minimum atomic E-state index is 0.851. The van der Waals surface area contributed by atoms with Crippen LogP contribution in [0.3, 0.4) is 0 Å². The van der Waals surface area contributed by atoms with Crippen LogP contribution in [0.15, 0.2) is 103 Å². The summed E-state index contributed by atoms with van der Waals surface area (Å²) in [6.07, 6.45) is 3.68. The van der Waals surface area contributed by atoms with E-state index in [2.05, 4.69) is 61.2 Å². The smallest absolute Gasteiger partial charge is 0.113 e. The SMILES string of the molecule is c1ccc(-c2nc3cc(-c4ccc(-c5ccccn5)nc4)ccc3c3c2ccc2nsnc23)cc1. The molecule has 0 radical (unpaired) electrons. The predicted octanol–water partition coefficient (Wildman–Crippen LogP) is 7.18. The molecule has 0 bridgehead atoms. The Hall–Kier alpha value is -4.55. The molecule has 6 heteroatoms. The quantitative estimate of drug-likeness (QED) is 0.257. The lowest BCUT2D eigenvalue weighted by Crippen LogP contribution is -1.92. The Labute approximate surface area is 205 Å². The number of nitrogens with zero attached hydrogens (tertiary/aromatic N) is 5. The molecule has 0 saturated carbocycles. The fourth-order valence-corrected chi connectivity index (χ4v) is 5.11. The highest BCUT2D eigenvalue weighted by molar-refractivity contribution is 7.00. The largest absolute Gasteiger partial charge is 0.255 e. The van der Waals surface area contributed by atoms with E-state index < -0.39 is 0 Å². The molecule has 0 atom stereocenters. The molecule has 7 aromatic rings. The van der Waals surface area contributed by atoms with Crippen LogP contribution in [-0.2, 0) is 0 Å². The summed E-state index contributed by atoms with van der Waals surface area (Å²) in [6, 6.07) is 30.8. The van der Waals surface area contributed by atoms with Gasteiger partial charge in [-0.3, -0.25) is 9.97 Å². The molecule has 0 fully saturated rings. The number of pyridine rings is 3. The van der Waals surface area contributed by atoms with Crippen LogP contribution in [0.25, 0.3) is 66.5 Å². The van der Waals surface area contributed by atoms with Gasteiger partial charge < -0.3 is 0 Å². The monoisotopic (exact) mass is 467 g/mol. The summed E-state index contributed by atoms with van der Waals surface area (Å²) in [5.41, 5.74) is 8.58. The second-order valence-corrected chi connectivity index (χ2v) is 8.85. The van der Waals surface area contributed by atoms with Crippen molar-refractivity contribution in [2.24, 2.45) is 0 Å². The Kier molecular flexibility index (Phi) is 4.57. The predicted molar refractivity (Wildman–Crippen MR) is 142 cm³/mol. The highest BCUT2D eigenvalue weighted by Gasteiger charge is 2.15. The summed E-state index contributed by atoms with van der Waals surface area (Å²) in [4.78, 5) is 14.2. The normalized spacial score (nSPS) is 11.4. The van der Waals surface area contributed by atoms with Crippen LogP contribution in [0.2, 0.25) is 0 Å². The standard InChI is InChI=1S/C29H17N5S/c1-2-6-18(7-3-1)28-22-12-14-25-29(34-35-33-25)27(22)21-11-9-19(16-26(21)32-28)20-10-13-24(31-17-20)23-8-4-5-15-30-23/h1-17H. The molecule has 0 aliphatic rings. The summed E-state index contributed by atoms with van der Waals surface area (Å²) in [7, 11) is 0. The van der Waals surface area contributed by atoms with E-state index >= 15 is 0 Å². The van der Waals surface area contributed by atoms with Crippen LogP contribution in [0.1, 0.15) is 0 Å². The summed E-state index contributed by atoms with van der Waals surface area (Å²) in [6.45, 7) is 0. The van der Waals surface area contributed by atoms with Crippen LogP contribution in [0.5, 0.6) is 0 Å². The molecule has 0 amide bonds. The molecule has 5 nitrogen and oxygen atoms in total. The van der Waals surface area contributed by atoms with Gasteiger partial charge in [-0.2, -0.15) is 8.75 Å². The van der Waals surface area contributed by atoms with Gasteiger partial charge in [0.25, 0.3) is 0 Å². The van der Waals surface area contributed by atoms with Gasteiger partial charge >= 0.3 is 0 Å². The van der Waals surface area contributed by atoms with Crippen LogP contribution in [-0.4, -0.2) is 23.7 Å². The molecule has 3 aromatic carbocycles. The molecular weight excluding hydrogens is 450 g/mol. The molecule has 0 N–H and O–H groups in total. The number of fused-ring (bicyclic) bond motifs is 5. The Bertz CT molecular complexity index is 1830. The first kappa shape index (κ1) is 19.9. The maximum Gasteiger partial charge on any atom is 0.113 e. The second-order valence-electron chi connectivity index (χ2n) is 8.33. The lowest BCUT2D eigenvalue weighted by Gasteiger charge is -2.12. The third-order valence-corrected chi connectivity index (χ3v) is 6.80. The van der Waals surface area contributed by atoms with Crippen molar-refractivity contribution < 1.29 is 0 Å². The van der Waals surface area contributed by atoms with Gasteiger partial charge in [-0.15, -0.1) is 0 Å². The van der Waals surface area contributed by atoms with Crippen LogP contribution in [0, 0.1) is 0 Å². The summed E-state index contributed by atoms with van der Waals surface area (Å²) in [5, 5.41) is 3.24. The second kappa shape index (κ2) is 8.04. The van der Waals surface area contributed by atoms with Crippen molar-refractivity contribution >= 4 is 44.4 Å². The van der Waals surface area contributed by atoms with E-state index in [-0.39, 0.29) is 0 Å². The van der Waals surface area contributed by atoms with Crippen molar-refractivity contribution in [1.82, 2.24) is 23.7 Å². The highest BCUT2D eigenvalue weighted by atomic mass is 32.1. The zero-order valence-corrected chi connectivity index (χ0v) is 19.3. The first-order valence-electron chi connectivity index (χ1n) is 11.3. The Morgan fingerprint density at radius 3 is 2.23 bits per heavy atom. The molecule has 0 aliphatic carbocycles. The maximum absolute atomic E-state index is 5.14. The molecule has 0 spiro atoms. The van der Waals surface area contributed by atoms with Crippen LogP contribution in [0.4, 0.5) is 0 Å². The van der Waals surface area contributed by atoms with Crippen molar-refractivity contribution in [2.45, 2.75) is 0 Å². The molecule has 164 valence electrons.